The Morgan fingerprint density at radius 1 is 1.30 bits per heavy atom. The molecule has 1 aromatic carbocycles. The molecule has 10 heteroatoms. The molecule has 0 bridgehead atoms. The highest BCUT2D eigenvalue weighted by Gasteiger charge is 2.30. The van der Waals surface area contributed by atoms with Crippen LogP contribution in [0.25, 0.3) is 6.08 Å². The minimum absolute atomic E-state index is 0.0915. The Balaban J connectivity index is 2.09. The van der Waals surface area contributed by atoms with Gasteiger partial charge in [-0.2, -0.15) is 0 Å². The van der Waals surface area contributed by atoms with E-state index in [1.54, 1.807) is 24.3 Å². The van der Waals surface area contributed by atoms with E-state index in [1.807, 2.05) is 20.8 Å². The lowest BCUT2D eigenvalue weighted by Gasteiger charge is -2.27. The molecule has 0 spiro atoms. The molecule has 1 aliphatic rings. The van der Waals surface area contributed by atoms with Crippen molar-refractivity contribution in [3.63, 3.8) is 0 Å². The minimum Gasteiger partial charge on any atom is -0.411 e. The SMILES string of the molecule is CC(C)(C)C[C@H](NC(=O)/C=C/c1ccc(Cl)cc1Cl)C(=O)NC(C=NO)C[C@@H]1CCNC1=O. The largest absolute Gasteiger partial charge is 0.411 e. The van der Waals surface area contributed by atoms with Gasteiger partial charge in [-0.25, -0.2) is 0 Å². The third-order valence-electron chi connectivity index (χ3n) is 5.10. The number of carbonyl (C=O) groups excluding carboxylic acids is 3. The number of nitrogens with one attached hydrogen (secondary N) is 3. The highest BCUT2D eigenvalue weighted by molar-refractivity contribution is 6.35. The van der Waals surface area contributed by atoms with Crippen molar-refractivity contribution in [2.24, 2.45) is 16.5 Å². The lowest BCUT2D eigenvalue weighted by molar-refractivity contribution is -0.128. The average molecular weight is 497 g/mol. The standard InChI is InChI=1S/C23H30Cl2N4O4/c1-23(2,3)12-19(29-20(30)7-5-14-4-6-16(24)11-18(14)25)22(32)28-17(13-27-33)10-15-8-9-26-21(15)31/h4-7,11,13,15,17,19,33H,8-10,12H2,1-3H3,(H,26,31)(H,28,32)(H,29,30)/b7-5+,27-13?/t15-,17?,19-/m0/s1. The Labute approximate surface area is 203 Å². The first-order chi connectivity index (χ1) is 15.5. The molecule has 8 nitrogen and oxygen atoms in total. The molecular formula is C23H30Cl2N4O4. The number of halogens is 2. The molecule has 0 saturated carbocycles. The fraction of sp³-hybridized carbons (Fsp3) is 0.478. The summed E-state index contributed by atoms with van der Waals surface area (Å²) in [6, 6.07) is 3.43. The summed E-state index contributed by atoms with van der Waals surface area (Å²) >= 11 is 12.0. The maximum absolute atomic E-state index is 13.0. The van der Waals surface area contributed by atoms with Gasteiger partial charge in [-0.05, 0) is 48.4 Å². The predicted octanol–water partition coefficient (Wildman–Crippen LogP) is 3.40. The zero-order valence-electron chi connectivity index (χ0n) is 18.9. The van der Waals surface area contributed by atoms with E-state index in [4.69, 9.17) is 28.4 Å². The summed E-state index contributed by atoms with van der Waals surface area (Å²) in [6.07, 6.45) is 5.33. The van der Waals surface area contributed by atoms with Gasteiger partial charge in [0.2, 0.25) is 17.7 Å². The molecule has 180 valence electrons. The molecule has 1 aliphatic heterocycles. The second-order valence-corrected chi connectivity index (χ2v) is 10.1. The van der Waals surface area contributed by atoms with Crippen molar-refractivity contribution >= 4 is 53.2 Å². The molecule has 3 atom stereocenters. The number of amides is 3. The highest BCUT2D eigenvalue weighted by atomic mass is 35.5. The Hall–Kier alpha value is -2.58. The van der Waals surface area contributed by atoms with Gasteiger partial charge in [0.1, 0.15) is 6.04 Å². The van der Waals surface area contributed by atoms with Crippen molar-refractivity contribution < 1.29 is 19.6 Å². The summed E-state index contributed by atoms with van der Waals surface area (Å²) < 4.78 is 0. The van der Waals surface area contributed by atoms with Crippen molar-refractivity contribution in [1.82, 2.24) is 16.0 Å². The molecule has 1 fully saturated rings. The van der Waals surface area contributed by atoms with Gasteiger partial charge >= 0.3 is 0 Å². The topological polar surface area (TPSA) is 120 Å². The van der Waals surface area contributed by atoms with Crippen LogP contribution in [0.2, 0.25) is 10.0 Å². The van der Waals surface area contributed by atoms with Crippen LogP contribution in [0.5, 0.6) is 0 Å². The van der Waals surface area contributed by atoms with Gasteiger partial charge in [0.25, 0.3) is 0 Å². The second-order valence-electron chi connectivity index (χ2n) is 9.22. The van der Waals surface area contributed by atoms with E-state index >= 15 is 0 Å². The lowest BCUT2D eigenvalue weighted by atomic mass is 9.87. The van der Waals surface area contributed by atoms with Gasteiger partial charge in [0.05, 0.1) is 12.3 Å². The molecule has 1 unspecified atom stereocenters. The minimum atomic E-state index is -0.838. The smallest absolute Gasteiger partial charge is 0.244 e. The van der Waals surface area contributed by atoms with Crippen LogP contribution in [-0.2, 0) is 14.4 Å². The Morgan fingerprint density at radius 2 is 2.03 bits per heavy atom. The molecule has 1 heterocycles. The van der Waals surface area contributed by atoms with Crippen LogP contribution in [0.1, 0.15) is 45.6 Å². The fourth-order valence-electron chi connectivity index (χ4n) is 3.54. The van der Waals surface area contributed by atoms with Gasteiger partial charge < -0.3 is 21.2 Å². The first-order valence-electron chi connectivity index (χ1n) is 10.7. The highest BCUT2D eigenvalue weighted by Crippen LogP contribution is 2.23. The number of hydrogen-bond acceptors (Lipinski definition) is 5. The van der Waals surface area contributed by atoms with Crippen molar-refractivity contribution in [2.45, 2.75) is 52.1 Å². The van der Waals surface area contributed by atoms with Gasteiger partial charge in [-0.15, -0.1) is 0 Å². The average Bonchev–Trinajstić information content (AvgIpc) is 3.10. The fourth-order valence-corrected chi connectivity index (χ4v) is 4.01. The van der Waals surface area contributed by atoms with E-state index in [9.17, 15) is 14.4 Å². The van der Waals surface area contributed by atoms with E-state index in [0.717, 1.165) is 0 Å². The molecule has 1 aromatic rings. The van der Waals surface area contributed by atoms with Crippen molar-refractivity contribution in [2.75, 3.05) is 6.54 Å². The maximum atomic E-state index is 13.0. The molecule has 33 heavy (non-hydrogen) atoms. The van der Waals surface area contributed by atoms with Crippen LogP contribution in [0, 0.1) is 11.3 Å². The first kappa shape index (κ1) is 26.7. The number of carbonyl (C=O) groups is 3. The summed E-state index contributed by atoms with van der Waals surface area (Å²) in [5.41, 5.74) is 0.354. The summed E-state index contributed by atoms with van der Waals surface area (Å²) in [5.74, 6) is -1.27. The third kappa shape index (κ3) is 9.06. The van der Waals surface area contributed by atoms with Crippen LogP contribution in [-0.4, -0.2) is 47.8 Å². The first-order valence-corrected chi connectivity index (χ1v) is 11.4. The summed E-state index contributed by atoms with van der Waals surface area (Å²) in [5, 5.41) is 21.2. The Morgan fingerprint density at radius 3 is 2.61 bits per heavy atom. The third-order valence-corrected chi connectivity index (χ3v) is 5.66. The quantitative estimate of drug-likeness (QED) is 0.181. The number of nitrogens with zero attached hydrogens (tertiary/aromatic N) is 1. The van der Waals surface area contributed by atoms with E-state index in [1.165, 1.54) is 12.3 Å². The van der Waals surface area contributed by atoms with Crippen molar-refractivity contribution in [3.05, 3.63) is 39.9 Å². The molecule has 0 aliphatic carbocycles. The molecule has 4 N–H and O–H groups in total. The molecule has 3 amide bonds. The monoisotopic (exact) mass is 496 g/mol. The Kier molecular flexibility index (Phi) is 9.73. The number of benzene rings is 1. The lowest BCUT2D eigenvalue weighted by Crippen LogP contribution is -2.51. The van der Waals surface area contributed by atoms with Crippen LogP contribution < -0.4 is 16.0 Å². The number of hydrogen-bond donors (Lipinski definition) is 4. The maximum Gasteiger partial charge on any atom is 0.244 e. The van der Waals surface area contributed by atoms with Crippen molar-refractivity contribution in [3.8, 4) is 0 Å². The normalized spacial score (nSPS) is 18.3. The van der Waals surface area contributed by atoms with Crippen LogP contribution >= 0.6 is 23.2 Å². The van der Waals surface area contributed by atoms with Crippen molar-refractivity contribution in [1.29, 1.82) is 0 Å². The predicted molar refractivity (Wildman–Crippen MR) is 129 cm³/mol. The van der Waals surface area contributed by atoms with E-state index in [2.05, 4.69) is 21.1 Å². The Bertz CT molecular complexity index is 928. The molecule has 0 aromatic heterocycles. The molecular weight excluding hydrogens is 467 g/mol. The number of oxime groups is 1. The molecule has 2 rings (SSSR count). The molecule has 1 saturated heterocycles. The number of rotatable bonds is 9. The summed E-state index contributed by atoms with van der Waals surface area (Å²) in [7, 11) is 0. The summed E-state index contributed by atoms with van der Waals surface area (Å²) in [4.78, 5) is 37.5. The van der Waals surface area contributed by atoms with E-state index in [0.29, 0.717) is 41.4 Å². The van der Waals surface area contributed by atoms with Gasteiger partial charge in [-0.3, -0.25) is 14.4 Å². The van der Waals surface area contributed by atoms with Gasteiger partial charge in [0, 0.05) is 28.6 Å². The van der Waals surface area contributed by atoms with E-state index in [-0.39, 0.29) is 17.2 Å². The second kappa shape index (κ2) is 12.0. The zero-order valence-corrected chi connectivity index (χ0v) is 20.4. The van der Waals surface area contributed by atoms with Crippen LogP contribution in [0.4, 0.5) is 0 Å². The van der Waals surface area contributed by atoms with Gasteiger partial charge in [0.15, 0.2) is 0 Å². The summed E-state index contributed by atoms with van der Waals surface area (Å²) in [6.45, 7) is 6.45. The van der Waals surface area contributed by atoms with E-state index < -0.39 is 23.9 Å². The molecule has 0 radical (unpaired) electrons. The van der Waals surface area contributed by atoms with Crippen LogP contribution in [0.15, 0.2) is 29.4 Å². The zero-order chi connectivity index (χ0) is 24.6. The van der Waals surface area contributed by atoms with Gasteiger partial charge in [-0.1, -0.05) is 55.2 Å². The van der Waals surface area contributed by atoms with Crippen LogP contribution in [0.3, 0.4) is 0 Å².